The first-order chi connectivity index (χ1) is 14.1. The summed E-state index contributed by atoms with van der Waals surface area (Å²) < 4.78 is 6.40. The first-order valence-corrected chi connectivity index (χ1v) is 11.2. The van der Waals surface area contributed by atoms with Crippen LogP contribution >= 0.6 is 11.3 Å². The van der Waals surface area contributed by atoms with Gasteiger partial charge in [-0.25, -0.2) is 9.97 Å². The van der Waals surface area contributed by atoms with Gasteiger partial charge in [0.25, 0.3) is 6.47 Å². The van der Waals surface area contributed by atoms with Crippen molar-refractivity contribution >= 4 is 28.0 Å². The Hall–Kier alpha value is -1.77. The van der Waals surface area contributed by atoms with Crippen LogP contribution < -0.4 is 4.74 Å². The summed E-state index contributed by atoms with van der Waals surface area (Å²) in [6, 6.07) is 0.674. The standard InChI is InChI=1S/C20H29N3O2S.CH2O2/c1-23(2)14-4-6-15(7-5-14)25-19-18-16-11-13(9-10-24)3-8-17(16)26-20(18)22-12-21-19;2-1-3/h12-15,24H,3-11H2,1-2H3;1H,(H,2,3). The average Bonchev–Trinajstić information content (AvgIpc) is 3.08. The van der Waals surface area contributed by atoms with E-state index >= 15 is 0 Å². The molecule has 2 N–H and O–H groups in total. The second-order valence-corrected chi connectivity index (χ2v) is 9.18. The molecule has 0 amide bonds. The maximum atomic E-state index is 9.31. The molecule has 0 radical (unpaired) electrons. The van der Waals surface area contributed by atoms with Crippen LogP contribution in [0.15, 0.2) is 6.33 Å². The Bertz CT molecular complexity index is 803. The lowest BCUT2D eigenvalue weighted by Crippen LogP contribution is -2.35. The molecule has 2 aromatic heterocycles. The second-order valence-electron chi connectivity index (χ2n) is 8.10. The van der Waals surface area contributed by atoms with Gasteiger partial charge >= 0.3 is 0 Å². The first-order valence-electron chi connectivity index (χ1n) is 10.3. The number of rotatable bonds is 5. The molecule has 160 valence electrons. The highest BCUT2D eigenvalue weighted by atomic mass is 32.1. The first kappa shape index (κ1) is 21.9. The highest BCUT2D eigenvalue weighted by Crippen LogP contribution is 2.41. The lowest BCUT2D eigenvalue weighted by molar-refractivity contribution is -0.122. The molecule has 1 unspecified atom stereocenters. The van der Waals surface area contributed by atoms with Crippen molar-refractivity contribution in [2.75, 3.05) is 20.7 Å². The topological polar surface area (TPSA) is 95.8 Å². The third kappa shape index (κ3) is 5.24. The summed E-state index contributed by atoms with van der Waals surface area (Å²) >= 11 is 1.80. The van der Waals surface area contributed by atoms with Crippen molar-refractivity contribution in [3.63, 3.8) is 0 Å². The summed E-state index contributed by atoms with van der Waals surface area (Å²) in [5, 5.41) is 17.3. The maximum absolute atomic E-state index is 9.31. The molecule has 29 heavy (non-hydrogen) atoms. The van der Waals surface area contributed by atoms with Gasteiger partial charge in [0, 0.05) is 17.5 Å². The summed E-state index contributed by atoms with van der Waals surface area (Å²) in [5.41, 5.74) is 1.38. The quantitative estimate of drug-likeness (QED) is 0.716. The zero-order valence-electron chi connectivity index (χ0n) is 17.2. The molecule has 1 atom stereocenters. The van der Waals surface area contributed by atoms with E-state index in [1.807, 2.05) is 0 Å². The highest BCUT2D eigenvalue weighted by Gasteiger charge is 2.28. The monoisotopic (exact) mass is 421 g/mol. The highest BCUT2D eigenvalue weighted by molar-refractivity contribution is 7.18. The van der Waals surface area contributed by atoms with Gasteiger partial charge in [0.2, 0.25) is 5.88 Å². The van der Waals surface area contributed by atoms with Crippen LogP contribution in [0, 0.1) is 5.92 Å². The van der Waals surface area contributed by atoms with E-state index < -0.39 is 0 Å². The summed E-state index contributed by atoms with van der Waals surface area (Å²) in [6.45, 7) is 0.0248. The lowest BCUT2D eigenvalue weighted by atomic mass is 9.85. The van der Waals surface area contributed by atoms with E-state index in [1.165, 1.54) is 29.7 Å². The van der Waals surface area contributed by atoms with E-state index in [9.17, 15) is 5.11 Å². The Kier molecular flexibility index (Phi) is 7.80. The van der Waals surface area contributed by atoms with E-state index in [1.54, 1.807) is 17.7 Å². The average molecular weight is 422 g/mol. The lowest BCUT2D eigenvalue weighted by Gasteiger charge is -2.32. The molecule has 1 saturated carbocycles. The second kappa shape index (κ2) is 10.3. The summed E-state index contributed by atoms with van der Waals surface area (Å²) in [7, 11) is 4.33. The number of thiophene rings is 1. The number of nitrogens with zero attached hydrogens (tertiary/aromatic N) is 3. The number of fused-ring (bicyclic) bond motifs is 3. The zero-order valence-corrected chi connectivity index (χ0v) is 18.0. The van der Waals surface area contributed by atoms with Crippen LogP contribution in [0.4, 0.5) is 0 Å². The maximum Gasteiger partial charge on any atom is 0.290 e. The summed E-state index contributed by atoms with van der Waals surface area (Å²) in [5.74, 6) is 1.35. The van der Waals surface area contributed by atoms with Crippen molar-refractivity contribution in [3.05, 3.63) is 16.8 Å². The predicted molar refractivity (Wildman–Crippen MR) is 114 cm³/mol. The Balaban J connectivity index is 0.000000755. The Morgan fingerprint density at radius 2 is 1.97 bits per heavy atom. The Morgan fingerprint density at radius 3 is 2.62 bits per heavy atom. The van der Waals surface area contributed by atoms with Crippen LogP contribution in [0.2, 0.25) is 0 Å². The molecule has 0 spiro atoms. The van der Waals surface area contributed by atoms with Crippen LogP contribution in [0.25, 0.3) is 10.2 Å². The number of carboxylic acid groups (broad SMARTS) is 1. The van der Waals surface area contributed by atoms with Gasteiger partial charge in [0.1, 0.15) is 17.3 Å². The van der Waals surface area contributed by atoms with Crippen LogP contribution in [0.1, 0.15) is 49.0 Å². The van der Waals surface area contributed by atoms with Gasteiger partial charge in [-0.1, -0.05) is 0 Å². The van der Waals surface area contributed by atoms with Crippen LogP contribution in [0.3, 0.4) is 0 Å². The molecule has 1 fully saturated rings. The van der Waals surface area contributed by atoms with Crippen LogP contribution in [0.5, 0.6) is 5.88 Å². The van der Waals surface area contributed by atoms with Gasteiger partial charge in [-0.3, -0.25) is 4.79 Å². The molecule has 0 saturated heterocycles. The minimum absolute atomic E-state index is 0.250. The number of ether oxygens (including phenoxy) is 1. The molecule has 8 heteroatoms. The van der Waals surface area contributed by atoms with E-state index in [4.69, 9.17) is 14.6 Å². The minimum Gasteiger partial charge on any atom is -0.483 e. The number of aliphatic hydroxyl groups excluding tert-OH is 1. The van der Waals surface area contributed by atoms with Crippen LogP contribution in [-0.4, -0.2) is 64.4 Å². The predicted octanol–water partition coefficient (Wildman–Crippen LogP) is 3.13. The Labute approximate surface area is 175 Å². The van der Waals surface area contributed by atoms with Crippen molar-refractivity contribution in [1.29, 1.82) is 0 Å². The van der Waals surface area contributed by atoms with Crippen molar-refractivity contribution in [2.24, 2.45) is 5.92 Å². The normalized spacial score (nSPS) is 23.9. The number of hydrogen-bond acceptors (Lipinski definition) is 7. The molecule has 7 nitrogen and oxygen atoms in total. The molecular formula is C21H31N3O4S. The molecule has 2 aromatic rings. The fourth-order valence-electron chi connectivity index (χ4n) is 4.51. The van der Waals surface area contributed by atoms with Crippen molar-refractivity contribution in [1.82, 2.24) is 14.9 Å². The van der Waals surface area contributed by atoms with Gasteiger partial charge < -0.3 is 19.8 Å². The van der Waals surface area contributed by atoms with Crippen molar-refractivity contribution in [3.8, 4) is 5.88 Å². The fourth-order valence-corrected chi connectivity index (χ4v) is 5.68. The molecule has 2 heterocycles. The van der Waals surface area contributed by atoms with E-state index in [-0.39, 0.29) is 19.2 Å². The number of aliphatic hydroxyl groups is 1. The summed E-state index contributed by atoms with van der Waals surface area (Å²) in [6.07, 6.45) is 10.6. The van der Waals surface area contributed by atoms with E-state index in [0.29, 0.717) is 12.0 Å². The van der Waals surface area contributed by atoms with Crippen LogP contribution in [-0.2, 0) is 17.6 Å². The fraction of sp³-hybridized carbons (Fsp3) is 0.667. The SMILES string of the molecule is CN(C)C1CCC(Oc2ncnc3sc4c(c23)CC(CCO)CC4)CC1.O=CO. The van der Waals surface area contributed by atoms with Gasteiger partial charge in [-0.15, -0.1) is 11.3 Å². The van der Waals surface area contributed by atoms with Gasteiger partial charge in [-0.05, 0) is 76.9 Å². The summed E-state index contributed by atoms with van der Waals surface area (Å²) in [4.78, 5) is 22.2. The van der Waals surface area contributed by atoms with E-state index in [2.05, 4.69) is 29.0 Å². The molecule has 0 bridgehead atoms. The number of carbonyl (C=O) groups is 1. The van der Waals surface area contributed by atoms with Gasteiger partial charge in [0.05, 0.1) is 5.39 Å². The molecule has 0 aliphatic heterocycles. The van der Waals surface area contributed by atoms with Gasteiger partial charge in [-0.2, -0.15) is 0 Å². The molecule has 2 aliphatic carbocycles. The van der Waals surface area contributed by atoms with Crippen molar-refractivity contribution in [2.45, 2.75) is 63.5 Å². The molecule has 2 aliphatic rings. The molecular weight excluding hydrogens is 390 g/mol. The van der Waals surface area contributed by atoms with E-state index in [0.717, 1.165) is 48.2 Å². The van der Waals surface area contributed by atoms with Crippen molar-refractivity contribution < 1.29 is 19.7 Å². The zero-order chi connectivity index (χ0) is 20.8. The molecule has 0 aromatic carbocycles. The third-order valence-corrected chi connectivity index (χ3v) is 7.30. The third-order valence-electron chi connectivity index (χ3n) is 6.10. The largest absolute Gasteiger partial charge is 0.483 e. The number of hydrogen-bond donors (Lipinski definition) is 2. The van der Waals surface area contributed by atoms with Gasteiger partial charge in [0.15, 0.2) is 0 Å². The number of aryl methyl sites for hydroxylation is 1. The number of aromatic nitrogens is 2. The smallest absolute Gasteiger partial charge is 0.290 e. The molecule has 4 rings (SSSR count). The minimum atomic E-state index is -0.250. The Morgan fingerprint density at radius 1 is 1.24 bits per heavy atom.